The molecular formula is C16H23ClN2O3S. The van der Waals surface area contributed by atoms with E-state index in [1.165, 1.54) is 19.2 Å². The number of hydrogen-bond acceptors (Lipinski definition) is 3. The molecule has 1 amide bonds. The first-order chi connectivity index (χ1) is 10.7. The quantitative estimate of drug-likeness (QED) is 0.830. The standard InChI is InChI=1S/C16H23ClN2O3S/c1-12-7-13(2)10-19(9-12)16(20)11-18(3)23(21,22)15-6-4-5-14(17)8-15/h4-6,8,12-13H,7,9-11H2,1-3H3/t12-,13+. The predicted octanol–water partition coefficient (Wildman–Crippen LogP) is 2.47. The average Bonchev–Trinajstić information content (AvgIpc) is 2.46. The minimum atomic E-state index is -3.72. The maximum absolute atomic E-state index is 12.5. The Balaban J connectivity index is 2.08. The number of piperidine rings is 1. The summed E-state index contributed by atoms with van der Waals surface area (Å²) in [7, 11) is -2.30. The lowest BCUT2D eigenvalue weighted by Crippen LogP contribution is -2.47. The Labute approximate surface area is 143 Å². The van der Waals surface area contributed by atoms with Gasteiger partial charge in [0, 0.05) is 25.2 Å². The van der Waals surface area contributed by atoms with Gasteiger partial charge in [0.05, 0.1) is 11.4 Å². The monoisotopic (exact) mass is 358 g/mol. The van der Waals surface area contributed by atoms with Gasteiger partial charge in [-0.1, -0.05) is 31.5 Å². The first kappa shape index (κ1) is 18.2. The summed E-state index contributed by atoms with van der Waals surface area (Å²) in [5.74, 6) is 0.728. The molecule has 128 valence electrons. The maximum atomic E-state index is 12.5. The van der Waals surface area contributed by atoms with Crippen molar-refractivity contribution in [3.05, 3.63) is 29.3 Å². The summed E-state index contributed by atoms with van der Waals surface area (Å²) in [6.07, 6.45) is 1.10. The highest BCUT2D eigenvalue weighted by Gasteiger charge is 2.29. The molecule has 0 N–H and O–H groups in total. The minimum absolute atomic E-state index is 0.0979. The van der Waals surface area contributed by atoms with Crippen LogP contribution in [-0.2, 0) is 14.8 Å². The van der Waals surface area contributed by atoms with Crippen LogP contribution in [0.4, 0.5) is 0 Å². The second kappa shape index (κ2) is 7.20. The Morgan fingerprint density at radius 1 is 1.30 bits per heavy atom. The van der Waals surface area contributed by atoms with Crippen LogP contribution in [-0.4, -0.2) is 50.2 Å². The van der Waals surface area contributed by atoms with E-state index in [2.05, 4.69) is 13.8 Å². The van der Waals surface area contributed by atoms with Gasteiger partial charge in [-0.2, -0.15) is 4.31 Å². The zero-order chi connectivity index (χ0) is 17.2. The van der Waals surface area contributed by atoms with Gasteiger partial charge in [0.25, 0.3) is 0 Å². The van der Waals surface area contributed by atoms with Crippen LogP contribution in [0.15, 0.2) is 29.2 Å². The number of carbonyl (C=O) groups is 1. The third-order valence-corrected chi connectivity index (χ3v) is 6.12. The zero-order valence-electron chi connectivity index (χ0n) is 13.7. The number of amides is 1. The number of nitrogens with zero attached hydrogens (tertiary/aromatic N) is 2. The molecular weight excluding hydrogens is 336 g/mol. The molecule has 1 aliphatic rings. The van der Waals surface area contributed by atoms with Crippen molar-refractivity contribution in [2.45, 2.75) is 25.2 Å². The van der Waals surface area contributed by atoms with Gasteiger partial charge in [0.15, 0.2) is 0 Å². The van der Waals surface area contributed by atoms with Crippen LogP contribution in [0.1, 0.15) is 20.3 Å². The van der Waals surface area contributed by atoms with Crippen molar-refractivity contribution in [1.29, 1.82) is 0 Å². The van der Waals surface area contributed by atoms with Gasteiger partial charge in [0.2, 0.25) is 15.9 Å². The summed E-state index contributed by atoms with van der Waals surface area (Å²) in [5.41, 5.74) is 0. The van der Waals surface area contributed by atoms with Crippen molar-refractivity contribution in [3.63, 3.8) is 0 Å². The van der Waals surface area contributed by atoms with E-state index < -0.39 is 10.0 Å². The second-order valence-corrected chi connectivity index (χ2v) is 8.94. The normalized spacial score (nSPS) is 22.4. The van der Waals surface area contributed by atoms with Crippen LogP contribution in [0, 0.1) is 11.8 Å². The van der Waals surface area contributed by atoms with E-state index in [1.54, 1.807) is 17.0 Å². The van der Waals surface area contributed by atoms with E-state index >= 15 is 0 Å². The van der Waals surface area contributed by atoms with Crippen molar-refractivity contribution in [3.8, 4) is 0 Å². The summed E-state index contributed by atoms with van der Waals surface area (Å²) in [6.45, 7) is 5.45. The molecule has 0 saturated carbocycles. The molecule has 7 heteroatoms. The van der Waals surface area contributed by atoms with Crippen LogP contribution >= 0.6 is 11.6 Å². The highest BCUT2D eigenvalue weighted by Crippen LogP contribution is 2.22. The number of rotatable bonds is 4. The van der Waals surface area contributed by atoms with Crippen molar-refractivity contribution >= 4 is 27.5 Å². The highest BCUT2D eigenvalue weighted by molar-refractivity contribution is 7.89. The Kier molecular flexibility index (Phi) is 5.70. The summed E-state index contributed by atoms with van der Waals surface area (Å²) in [5, 5.41) is 0.351. The first-order valence-electron chi connectivity index (χ1n) is 7.70. The number of sulfonamides is 1. The van der Waals surface area contributed by atoms with Crippen LogP contribution in [0.2, 0.25) is 5.02 Å². The van der Waals surface area contributed by atoms with Crippen LogP contribution in [0.3, 0.4) is 0 Å². The van der Waals surface area contributed by atoms with Crippen molar-refractivity contribution in [2.24, 2.45) is 11.8 Å². The summed E-state index contributed by atoms with van der Waals surface area (Å²) in [4.78, 5) is 14.3. The van der Waals surface area contributed by atoms with Gasteiger partial charge >= 0.3 is 0 Å². The Morgan fingerprint density at radius 2 is 1.91 bits per heavy atom. The van der Waals surface area contributed by atoms with Gasteiger partial charge in [0.1, 0.15) is 0 Å². The lowest BCUT2D eigenvalue weighted by atomic mass is 9.92. The van der Waals surface area contributed by atoms with E-state index in [0.29, 0.717) is 29.9 Å². The van der Waals surface area contributed by atoms with Gasteiger partial charge in [-0.05, 0) is 36.5 Å². The highest BCUT2D eigenvalue weighted by atomic mass is 35.5. The van der Waals surface area contributed by atoms with Crippen LogP contribution in [0.5, 0.6) is 0 Å². The number of likely N-dealkylation sites (tertiary alicyclic amines) is 1. The van der Waals surface area contributed by atoms with E-state index in [4.69, 9.17) is 11.6 Å². The van der Waals surface area contributed by atoms with E-state index in [-0.39, 0.29) is 17.3 Å². The summed E-state index contributed by atoms with van der Waals surface area (Å²) < 4.78 is 26.1. The molecule has 2 rings (SSSR count). The van der Waals surface area contributed by atoms with Crippen molar-refractivity contribution in [1.82, 2.24) is 9.21 Å². The maximum Gasteiger partial charge on any atom is 0.243 e. The SMILES string of the molecule is C[C@@H]1C[C@H](C)CN(C(=O)CN(C)S(=O)(=O)c2cccc(Cl)c2)C1. The summed E-state index contributed by atoms with van der Waals surface area (Å²) >= 11 is 5.86. The van der Waals surface area contributed by atoms with E-state index in [1.807, 2.05) is 0 Å². The van der Waals surface area contributed by atoms with Gasteiger partial charge < -0.3 is 4.90 Å². The molecule has 5 nitrogen and oxygen atoms in total. The smallest absolute Gasteiger partial charge is 0.243 e. The molecule has 0 radical (unpaired) electrons. The molecule has 0 unspecified atom stereocenters. The number of likely N-dealkylation sites (N-methyl/N-ethyl adjacent to an activating group) is 1. The van der Waals surface area contributed by atoms with E-state index in [0.717, 1.165) is 10.7 Å². The fourth-order valence-corrected chi connectivity index (χ4v) is 4.47. The lowest BCUT2D eigenvalue weighted by Gasteiger charge is -2.35. The number of hydrogen-bond donors (Lipinski definition) is 0. The Bertz CT molecular complexity index is 668. The molecule has 0 aromatic heterocycles. The topological polar surface area (TPSA) is 57.7 Å². The minimum Gasteiger partial charge on any atom is -0.341 e. The number of halogens is 1. The largest absolute Gasteiger partial charge is 0.341 e. The fraction of sp³-hybridized carbons (Fsp3) is 0.562. The van der Waals surface area contributed by atoms with E-state index in [9.17, 15) is 13.2 Å². The lowest BCUT2D eigenvalue weighted by molar-refractivity contribution is -0.133. The second-order valence-electron chi connectivity index (χ2n) is 6.46. The predicted molar refractivity (Wildman–Crippen MR) is 90.8 cm³/mol. The molecule has 1 aliphatic heterocycles. The third-order valence-electron chi connectivity index (χ3n) is 4.08. The molecule has 23 heavy (non-hydrogen) atoms. The number of benzene rings is 1. The molecule has 1 heterocycles. The molecule has 0 spiro atoms. The molecule has 0 bridgehead atoms. The van der Waals surface area contributed by atoms with Crippen LogP contribution in [0.25, 0.3) is 0 Å². The van der Waals surface area contributed by atoms with Gasteiger partial charge in [-0.3, -0.25) is 4.79 Å². The molecule has 0 aliphatic carbocycles. The fourth-order valence-electron chi connectivity index (χ4n) is 3.05. The molecule has 1 saturated heterocycles. The molecule has 2 atom stereocenters. The Hall–Kier alpha value is -1.11. The molecule has 1 fully saturated rings. The molecule has 1 aromatic carbocycles. The van der Waals surface area contributed by atoms with Crippen molar-refractivity contribution in [2.75, 3.05) is 26.7 Å². The number of carbonyl (C=O) groups excluding carboxylic acids is 1. The third kappa shape index (κ3) is 4.46. The molecule has 1 aromatic rings. The first-order valence-corrected chi connectivity index (χ1v) is 9.51. The van der Waals surface area contributed by atoms with Gasteiger partial charge in [-0.25, -0.2) is 8.42 Å². The average molecular weight is 359 g/mol. The Morgan fingerprint density at radius 3 is 2.48 bits per heavy atom. The zero-order valence-corrected chi connectivity index (χ0v) is 15.3. The summed E-state index contributed by atoms with van der Waals surface area (Å²) in [6, 6.07) is 6.07. The van der Waals surface area contributed by atoms with Gasteiger partial charge in [-0.15, -0.1) is 0 Å². The van der Waals surface area contributed by atoms with Crippen molar-refractivity contribution < 1.29 is 13.2 Å². The van der Waals surface area contributed by atoms with Crippen LogP contribution < -0.4 is 0 Å².